The molecular weight excluding hydrogens is 372 g/mol. The van der Waals surface area contributed by atoms with Crippen LogP contribution in [0.15, 0.2) is 52.7 Å². The summed E-state index contributed by atoms with van der Waals surface area (Å²) < 4.78 is 11.1. The van der Waals surface area contributed by atoms with E-state index in [-0.39, 0.29) is 11.3 Å². The highest BCUT2D eigenvalue weighted by Gasteiger charge is 2.47. The third kappa shape index (κ3) is 4.35. The van der Waals surface area contributed by atoms with E-state index in [0.29, 0.717) is 36.8 Å². The summed E-state index contributed by atoms with van der Waals surface area (Å²) in [6.45, 7) is 3.58. The maximum absolute atomic E-state index is 12.8. The monoisotopic (exact) mass is 399 g/mol. The second kappa shape index (κ2) is 8.96. The number of ketones is 1. The summed E-state index contributed by atoms with van der Waals surface area (Å²) in [4.78, 5) is 28.2. The molecule has 29 heavy (non-hydrogen) atoms. The Hall–Kier alpha value is -3.06. The number of ether oxygens (including phenoxy) is 1. The van der Waals surface area contributed by atoms with Gasteiger partial charge in [0.05, 0.1) is 45.6 Å². The molecule has 1 aliphatic heterocycles. The number of rotatable bonds is 8. The van der Waals surface area contributed by atoms with E-state index in [2.05, 4.69) is 0 Å². The number of furan rings is 1. The smallest absolute Gasteiger partial charge is 0.295 e. The van der Waals surface area contributed by atoms with Gasteiger partial charge in [0, 0.05) is 5.56 Å². The first kappa shape index (κ1) is 20.7. The standard InChI is InChI=1S/C22H26N2O5/c1-4-12-28-16-8-5-7-15(14-16)20(25)18-19(17-9-6-13-29-17)24(11-10-23(2)3)22(27)21(18)26/h5-9,13-14,19,25H,4,10-12H2,1-3H3/p+1/t19-/m1/s1. The largest absolute Gasteiger partial charge is 0.507 e. The molecule has 7 nitrogen and oxygen atoms in total. The molecule has 1 atom stereocenters. The molecule has 1 fully saturated rings. The summed E-state index contributed by atoms with van der Waals surface area (Å²) in [5, 5.41) is 11.0. The Kier molecular flexibility index (Phi) is 6.39. The van der Waals surface area contributed by atoms with Crippen LogP contribution in [0.4, 0.5) is 0 Å². The lowest BCUT2D eigenvalue weighted by molar-refractivity contribution is -0.857. The highest BCUT2D eigenvalue weighted by atomic mass is 16.5. The fourth-order valence-corrected chi connectivity index (χ4v) is 3.31. The van der Waals surface area contributed by atoms with E-state index >= 15 is 0 Å². The Bertz CT molecular complexity index is 902. The predicted molar refractivity (Wildman–Crippen MR) is 108 cm³/mol. The molecule has 154 valence electrons. The number of nitrogens with one attached hydrogen (secondary N) is 1. The average Bonchev–Trinajstić information content (AvgIpc) is 3.32. The van der Waals surface area contributed by atoms with Gasteiger partial charge in [-0.25, -0.2) is 0 Å². The SMILES string of the molecule is CCCOc1cccc(C(O)=C2C(=O)C(=O)N(CC[NH+](C)C)[C@@H]2c2ccco2)c1. The van der Waals surface area contributed by atoms with Gasteiger partial charge in [-0.1, -0.05) is 19.1 Å². The van der Waals surface area contributed by atoms with E-state index in [1.165, 1.54) is 11.2 Å². The minimum Gasteiger partial charge on any atom is -0.507 e. The van der Waals surface area contributed by atoms with Crippen LogP contribution in [0.2, 0.25) is 0 Å². The summed E-state index contributed by atoms with van der Waals surface area (Å²) in [7, 11) is 3.95. The summed E-state index contributed by atoms with van der Waals surface area (Å²) in [5.41, 5.74) is 0.456. The second-order valence-corrected chi connectivity index (χ2v) is 7.34. The number of carbonyl (C=O) groups excluding carboxylic acids is 2. The zero-order valence-corrected chi connectivity index (χ0v) is 17.0. The van der Waals surface area contributed by atoms with Gasteiger partial charge >= 0.3 is 0 Å². The molecule has 2 heterocycles. The maximum atomic E-state index is 12.8. The molecule has 1 amide bonds. The minimum atomic E-state index is -0.760. The Balaban J connectivity index is 2.04. The van der Waals surface area contributed by atoms with Crippen molar-refractivity contribution in [1.29, 1.82) is 0 Å². The number of aliphatic hydroxyl groups is 1. The van der Waals surface area contributed by atoms with Crippen molar-refractivity contribution < 1.29 is 28.7 Å². The third-order valence-corrected chi connectivity index (χ3v) is 4.79. The fraction of sp³-hybridized carbons (Fsp3) is 0.364. The Morgan fingerprint density at radius 1 is 1.24 bits per heavy atom. The maximum Gasteiger partial charge on any atom is 0.295 e. The average molecular weight is 399 g/mol. The van der Waals surface area contributed by atoms with Crippen LogP contribution in [0.5, 0.6) is 5.75 Å². The molecule has 0 aliphatic carbocycles. The van der Waals surface area contributed by atoms with Gasteiger partial charge < -0.3 is 24.1 Å². The zero-order valence-electron chi connectivity index (χ0n) is 17.0. The van der Waals surface area contributed by atoms with E-state index in [1.54, 1.807) is 36.4 Å². The van der Waals surface area contributed by atoms with Crippen LogP contribution in [0, 0.1) is 0 Å². The molecule has 7 heteroatoms. The zero-order chi connectivity index (χ0) is 21.0. The number of likely N-dealkylation sites (tertiary alicyclic amines) is 1. The number of nitrogens with zero attached hydrogens (tertiary/aromatic N) is 1. The summed E-state index contributed by atoms with van der Waals surface area (Å²) >= 11 is 0. The van der Waals surface area contributed by atoms with Gasteiger partial charge in [-0.05, 0) is 30.7 Å². The van der Waals surface area contributed by atoms with Crippen molar-refractivity contribution in [3.05, 3.63) is 59.6 Å². The van der Waals surface area contributed by atoms with E-state index in [1.807, 2.05) is 21.0 Å². The lowest BCUT2D eigenvalue weighted by Crippen LogP contribution is -3.06. The second-order valence-electron chi connectivity index (χ2n) is 7.34. The molecular formula is C22H27N2O5+. The van der Waals surface area contributed by atoms with E-state index < -0.39 is 17.7 Å². The van der Waals surface area contributed by atoms with Crippen LogP contribution in [-0.2, 0) is 9.59 Å². The summed E-state index contributed by atoms with van der Waals surface area (Å²) in [5.74, 6) is -0.537. The van der Waals surface area contributed by atoms with Crippen LogP contribution in [0.1, 0.15) is 30.7 Å². The van der Waals surface area contributed by atoms with Crippen LogP contribution >= 0.6 is 0 Å². The normalized spacial score (nSPS) is 18.6. The first-order valence-electron chi connectivity index (χ1n) is 9.78. The topological polar surface area (TPSA) is 84.4 Å². The highest BCUT2D eigenvalue weighted by Crippen LogP contribution is 2.39. The number of likely N-dealkylation sites (N-methyl/N-ethyl adjacent to an activating group) is 1. The molecule has 1 aromatic heterocycles. The van der Waals surface area contributed by atoms with E-state index in [4.69, 9.17) is 9.15 Å². The molecule has 2 N–H and O–H groups in total. The lowest BCUT2D eigenvalue weighted by Gasteiger charge is -2.23. The van der Waals surface area contributed by atoms with Crippen molar-refractivity contribution in [2.45, 2.75) is 19.4 Å². The van der Waals surface area contributed by atoms with E-state index in [9.17, 15) is 14.7 Å². The number of hydrogen-bond acceptors (Lipinski definition) is 5. The number of amides is 1. The third-order valence-electron chi connectivity index (χ3n) is 4.79. The highest BCUT2D eigenvalue weighted by molar-refractivity contribution is 6.46. The number of Topliss-reactive ketones (excluding diaryl/α,β-unsaturated/α-hetero) is 1. The van der Waals surface area contributed by atoms with Crippen molar-refractivity contribution in [3.8, 4) is 5.75 Å². The Morgan fingerprint density at radius 3 is 2.69 bits per heavy atom. The molecule has 1 saturated heterocycles. The minimum absolute atomic E-state index is 0.0337. The van der Waals surface area contributed by atoms with Crippen molar-refractivity contribution in [2.75, 3.05) is 33.8 Å². The molecule has 0 saturated carbocycles. The molecule has 0 unspecified atom stereocenters. The molecule has 2 aromatic rings. The molecule has 1 aliphatic rings. The number of carbonyl (C=O) groups is 2. The van der Waals surface area contributed by atoms with Crippen molar-refractivity contribution in [1.82, 2.24) is 4.90 Å². The van der Waals surface area contributed by atoms with Gasteiger partial charge in [0.15, 0.2) is 0 Å². The van der Waals surface area contributed by atoms with Gasteiger partial charge in [-0.2, -0.15) is 0 Å². The van der Waals surface area contributed by atoms with Gasteiger partial charge in [-0.15, -0.1) is 0 Å². The van der Waals surface area contributed by atoms with Crippen molar-refractivity contribution in [2.24, 2.45) is 0 Å². The van der Waals surface area contributed by atoms with Crippen molar-refractivity contribution >= 4 is 17.4 Å². The van der Waals surface area contributed by atoms with Gasteiger partial charge in [0.1, 0.15) is 23.3 Å². The van der Waals surface area contributed by atoms with Gasteiger partial charge in [-0.3, -0.25) is 9.59 Å². The van der Waals surface area contributed by atoms with Crippen LogP contribution in [-0.4, -0.2) is 55.5 Å². The molecule has 0 radical (unpaired) electrons. The number of aliphatic hydroxyl groups excluding tert-OH is 1. The molecule has 1 aromatic carbocycles. The number of hydrogen-bond donors (Lipinski definition) is 2. The Morgan fingerprint density at radius 2 is 2.03 bits per heavy atom. The van der Waals surface area contributed by atoms with Crippen LogP contribution in [0.25, 0.3) is 5.76 Å². The first-order chi connectivity index (χ1) is 13.9. The molecule has 0 spiro atoms. The molecule has 0 bridgehead atoms. The van der Waals surface area contributed by atoms with Crippen LogP contribution in [0.3, 0.4) is 0 Å². The van der Waals surface area contributed by atoms with Gasteiger partial charge in [0.25, 0.3) is 11.7 Å². The van der Waals surface area contributed by atoms with Crippen LogP contribution < -0.4 is 9.64 Å². The lowest BCUT2D eigenvalue weighted by atomic mass is 9.99. The number of quaternary nitrogens is 1. The Labute approximate surface area is 170 Å². The number of benzene rings is 1. The first-order valence-corrected chi connectivity index (χ1v) is 9.78. The molecule has 3 rings (SSSR count). The quantitative estimate of drug-likeness (QED) is 0.401. The summed E-state index contributed by atoms with van der Waals surface area (Å²) in [6, 6.07) is 9.53. The van der Waals surface area contributed by atoms with Crippen molar-refractivity contribution in [3.63, 3.8) is 0 Å². The van der Waals surface area contributed by atoms with Gasteiger partial charge in [0.2, 0.25) is 0 Å². The van der Waals surface area contributed by atoms with E-state index in [0.717, 1.165) is 11.3 Å². The fourth-order valence-electron chi connectivity index (χ4n) is 3.31. The predicted octanol–water partition coefficient (Wildman–Crippen LogP) is 1.63. The summed E-state index contributed by atoms with van der Waals surface area (Å²) in [6.07, 6.45) is 2.35.